The first-order valence-corrected chi connectivity index (χ1v) is 6.38. The van der Waals surface area contributed by atoms with E-state index in [2.05, 4.69) is 0 Å². The molecule has 0 aliphatic heterocycles. The van der Waals surface area contributed by atoms with Crippen molar-refractivity contribution in [2.24, 2.45) is 0 Å². The van der Waals surface area contributed by atoms with Gasteiger partial charge in [0.25, 0.3) is 0 Å². The third kappa shape index (κ3) is 3.45. The number of nitrogens with two attached hydrogens (primary N) is 1. The molecule has 0 amide bonds. The van der Waals surface area contributed by atoms with Crippen LogP contribution in [0.1, 0.15) is 15.9 Å². The van der Waals surface area contributed by atoms with Gasteiger partial charge in [0.1, 0.15) is 6.61 Å². The maximum absolute atomic E-state index is 12.0. The van der Waals surface area contributed by atoms with Crippen LogP contribution in [0.2, 0.25) is 0 Å². The fourth-order valence-corrected chi connectivity index (χ4v) is 1.88. The predicted molar refractivity (Wildman–Crippen MR) is 79.5 cm³/mol. The van der Waals surface area contributed by atoms with E-state index in [9.17, 15) is 4.79 Å². The summed E-state index contributed by atoms with van der Waals surface area (Å²) in [6.45, 7) is 0.132. The lowest BCUT2D eigenvalue weighted by Gasteiger charge is -2.10. The van der Waals surface area contributed by atoms with Gasteiger partial charge in [-0.2, -0.15) is 0 Å². The second-order valence-electron chi connectivity index (χ2n) is 4.35. The van der Waals surface area contributed by atoms with Crippen LogP contribution in [0.5, 0.6) is 11.5 Å². The average Bonchev–Trinajstić information content (AvgIpc) is 2.52. The van der Waals surface area contributed by atoms with Gasteiger partial charge in [0.05, 0.1) is 19.8 Å². The average molecular weight is 287 g/mol. The van der Waals surface area contributed by atoms with Crippen molar-refractivity contribution in [1.29, 1.82) is 0 Å². The Hall–Kier alpha value is -2.69. The smallest absolute Gasteiger partial charge is 0.340 e. The molecule has 0 aromatic heterocycles. The monoisotopic (exact) mass is 287 g/mol. The first-order chi connectivity index (χ1) is 10.2. The Morgan fingerprint density at radius 2 is 1.76 bits per heavy atom. The zero-order valence-corrected chi connectivity index (χ0v) is 12.0. The van der Waals surface area contributed by atoms with Gasteiger partial charge in [0.15, 0.2) is 11.5 Å². The highest BCUT2D eigenvalue weighted by Crippen LogP contribution is 2.27. The van der Waals surface area contributed by atoms with Gasteiger partial charge in [-0.25, -0.2) is 4.79 Å². The molecule has 0 saturated carbocycles. The molecule has 5 nitrogen and oxygen atoms in total. The molecule has 0 aliphatic carbocycles. The van der Waals surface area contributed by atoms with Gasteiger partial charge < -0.3 is 19.9 Å². The van der Waals surface area contributed by atoms with Crippen LogP contribution in [0, 0.1) is 0 Å². The molecule has 0 fully saturated rings. The van der Waals surface area contributed by atoms with Crippen LogP contribution in [0.25, 0.3) is 0 Å². The molecular formula is C16H17NO4. The van der Waals surface area contributed by atoms with Gasteiger partial charge >= 0.3 is 5.97 Å². The van der Waals surface area contributed by atoms with Gasteiger partial charge in [0.2, 0.25) is 0 Å². The molecule has 0 spiro atoms. The number of para-hydroxylation sites is 1. The lowest BCUT2D eigenvalue weighted by atomic mass is 10.2. The Balaban J connectivity index is 2.06. The van der Waals surface area contributed by atoms with E-state index in [1.165, 1.54) is 0 Å². The van der Waals surface area contributed by atoms with Crippen molar-refractivity contribution in [3.8, 4) is 11.5 Å². The van der Waals surface area contributed by atoms with Gasteiger partial charge in [-0.05, 0) is 29.8 Å². The van der Waals surface area contributed by atoms with E-state index >= 15 is 0 Å². The summed E-state index contributed by atoms with van der Waals surface area (Å²) in [5.41, 5.74) is 7.30. The molecule has 21 heavy (non-hydrogen) atoms. The zero-order valence-electron chi connectivity index (χ0n) is 12.0. The standard InChI is InChI=1S/C16H17NO4/c1-19-14-8-7-11(9-15(14)20-2)10-21-16(18)12-5-3-4-6-13(12)17/h3-9H,10,17H2,1-2H3. The number of hydrogen-bond acceptors (Lipinski definition) is 5. The van der Waals surface area contributed by atoms with Crippen molar-refractivity contribution < 1.29 is 19.0 Å². The normalized spacial score (nSPS) is 10.0. The highest BCUT2D eigenvalue weighted by Gasteiger charge is 2.11. The van der Waals surface area contributed by atoms with Crippen LogP contribution in [0.15, 0.2) is 42.5 Å². The maximum atomic E-state index is 12.0. The summed E-state index contributed by atoms with van der Waals surface area (Å²) in [6, 6.07) is 12.1. The van der Waals surface area contributed by atoms with E-state index in [4.69, 9.17) is 19.9 Å². The fourth-order valence-electron chi connectivity index (χ4n) is 1.88. The van der Waals surface area contributed by atoms with Gasteiger partial charge in [0, 0.05) is 5.69 Å². The molecule has 2 N–H and O–H groups in total. The van der Waals surface area contributed by atoms with Gasteiger partial charge in [-0.3, -0.25) is 0 Å². The number of anilines is 1. The number of carbonyl (C=O) groups excluding carboxylic acids is 1. The summed E-state index contributed by atoms with van der Waals surface area (Å²) in [6.07, 6.45) is 0. The highest BCUT2D eigenvalue weighted by molar-refractivity contribution is 5.94. The van der Waals surface area contributed by atoms with Crippen LogP contribution in [0.3, 0.4) is 0 Å². The van der Waals surface area contributed by atoms with E-state index < -0.39 is 5.97 Å². The van der Waals surface area contributed by atoms with E-state index in [0.29, 0.717) is 22.7 Å². The lowest BCUT2D eigenvalue weighted by molar-refractivity contribution is 0.0473. The number of hydrogen-bond donors (Lipinski definition) is 1. The molecule has 2 aromatic rings. The van der Waals surface area contributed by atoms with Crippen LogP contribution in [-0.2, 0) is 11.3 Å². The van der Waals surface area contributed by atoms with E-state index in [-0.39, 0.29) is 6.61 Å². The molecule has 0 radical (unpaired) electrons. The minimum absolute atomic E-state index is 0.132. The number of ether oxygens (including phenoxy) is 3. The lowest BCUT2D eigenvalue weighted by Crippen LogP contribution is -2.08. The topological polar surface area (TPSA) is 70.8 Å². The summed E-state index contributed by atoms with van der Waals surface area (Å²) in [7, 11) is 3.12. The van der Waals surface area contributed by atoms with Crippen molar-refractivity contribution in [2.45, 2.75) is 6.61 Å². The number of nitrogen functional groups attached to an aromatic ring is 1. The Bertz CT molecular complexity index is 640. The SMILES string of the molecule is COc1ccc(COC(=O)c2ccccc2N)cc1OC. The number of benzene rings is 2. The highest BCUT2D eigenvalue weighted by atomic mass is 16.5. The number of rotatable bonds is 5. The zero-order chi connectivity index (χ0) is 15.2. The van der Waals surface area contributed by atoms with E-state index in [1.807, 2.05) is 6.07 Å². The van der Waals surface area contributed by atoms with Crippen LogP contribution >= 0.6 is 0 Å². The number of carbonyl (C=O) groups is 1. The van der Waals surface area contributed by atoms with Crippen molar-refractivity contribution in [2.75, 3.05) is 20.0 Å². The molecule has 110 valence electrons. The second-order valence-corrected chi connectivity index (χ2v) is 4.35. The third-order valence-electron chi connectivity index (χ3n) is 3.00. The molecule has 0 unspecified atom stereocenters. The van der Waals surface area contributed by atoms with Crippen LogP contribution in [-0.4, -0.2) is 20.2 Å². The quantitative estimate of drug-likeness (QED) is 0.676. The van der Waals surface area contributed by atoms with Gasteiger partial charge in [-0.1, -0.05) is 18.2 Å². The Kier molecular flexibility index (Phi) is 4.66. The molecule has 0 heterocycles. The minimum atomic E-state index is -0.456. The van der Waals surface area contributed by atoms with Crippen molar-refractivity contribution in [3.63, 3.8) is 0 Å². The molecule has 0 bridgehead atoms. The maximum Gasteiger partial charge on any atom is 0.340 e. The molecule has 5 heteroatoms. The number of methoxy groups -OCH3 is 2. The summed E-state index contributed by atoms with van der Waals surface area (Å²) >= 11 is 0. The van der Waals surface area contributed by atoms with Crippen molar-refractivity contribution in [3.05, 3.63) is 53.6 Å². The molecule has 0 atom stereocenters. The first kappa shape index (κ1) is 14.7. The summed E-state index contributed by atoms with van der Waals surface area (Å²) in [4.78, 5) is 12.0. The molecule has 0 saturated heterocycles. The second kappa shape index (κ2) is 6.65. The summed E-state index contributed by atoms with van der Waals surface area (Å²) < 4.78 is 15.6. The van der Waals surface area contributed by atoms with Crippen LogP contribution in [0.4, 0.5) is 5.69 Å². The van der Waals surface area contributed by atoms with Gasteiger partial charge in [-0.15, -0.1) is 0 Å². The van der Waals surface area contributed by atoms with E-state index in [1.54, 1.807) is 50.6 Å². The molecule has 2 rings (SSSR count). The Morgan fingerprint density at radius 1 is 1.05 bits per heavy atom. The fraction of sp³-hybridized carbons (Fsp3) is 0.188. The molecular weight excluding hydrogens is 270 g/mol. The van der Waals surface area contributed by atoms with E-state index in [0.717, 1.165) is 5.56 Å². The predicted octanol–water partition coefficient (Wildman–Crippen LogP) is 2.64. The molecule has 2 aromatic carbocycles. The number of esters is 1. The Morgan fingerprint density at radius 3 is 2.43 bits per heavy atom. The van der Waals surface area contributed by atoms with Crippen molar-refractivity contribution in [1.82, 2.24) is 0 Å². The molecule has 0 aliphatic rings. The summed E-state index contributed by atoms with van der Waals surface area (Å²) in [5.74, 6) is 0.757. The Labute approximate surface area is 123 Å². The minimum Gasteiger partial charge on any atom is -0.493 e. The largest absolute Gasteiger partial charge is 0.493 e. The van der Waals surface area contributed by atoms with Crippen LogP contribution < -0.4 is 15.2 Å². The first-order valence-electron chi connectivity index (χ1n) is 6.38. The van der Waals surface area contributed by atoms with Crippen molar-refractivity contribution >= 4 is 11.7 Å². The third-order valence-corrected chi connectivity index (χ3v) is 3.00. The summed E-state index contributed by atoms with van der Waals surface area (Å²) in [5, 5.41) is 0.